The second-order valence-corrected chi connectivity index (χ2v) is 10.1. The highest BCUT2D eigenvalue weighted by Crippen LogP contribution is 2.49. The van der Waals surface area contributed by atoms with Crippen LogP contribution in [-0.4, -0.2) is 26.4 Å². The van der Waals surface area contributed by atoms with Gasteiger partial charge in [0.2, 0.25) is 12.7 Å². The van der Waals surface area contributed by atoms with Crippen LogP contribution in [0.2, 0.25) is 0 Å². The molecule has 0 fully saturated rings. The number of benzene rings is 3. The first-order valence-corrected chi connectivity index (χ1v) is 13.1. The van der Waals surface area contributed by atoms with E-state index >= 15 is 0 Å². The van der Waals surface area contributed by atoms with Gasteiger partial charge in [-0.05, 0) is 42.2 Å². The molecule has 0 spiro atoms. The number of fused-ring (bicyclic) bond motifs is 7. The van der Waals surface area contributed by atoms with Gasteiger partial charge < -0.3 is 18.6 Å². The van der Waals surface area contributed by atoms with Gasteiger partial charge in [0.15, 0.2) is 28.7 Å². The van der Waals surface area contributed by atoms with E-state index in [0.29, 0.717) is 46.2 Å². The van der Waals surface area contributed by atoms with E-state index in [1.165, 1.54) is 0 Å². The molecule has 9 nitrogen and oxygen atoms in total. The van der Waals surface area contributed by atoms with Gasteiger partial charge in [0.1, 0.15) is 11.9 Å². The van der Waals surface area contributed by atoms with E-state index in [1.54, 1.807) is 16.9 Å². The summed E-state index contributed by atoms with van der Waals surface area (Å²) in [5.41, 5.74) is 3.72. The van der Waals surface area contributed by atoms with Gasteiger partial charge in [0.25, 0.3) is 0 Å². The minimum absolute atomic E-state index is 0.0734. The first kappa shape index (κ1) is 22.8. The summed E-state index contributed by atoms with van der Waals surface area (Å²) in [6.07, 6.45) is 2.25. The maximum absolute atomic E-state index is 13.6. The van der Waals surface area contributed by atoms with Crippen LogP contribution in [0.4, 0.5) is 0 Å². The van der Waals surface area contributed by atoms with Crippen molar-refractivity contribution in [1.29, 1.82) is 0 Å². The van der Waals surface area contributed by atoms with Gasteiger partial charge in [-0.2, -0.15) is 0 Å². The topological polar surface area (TPSA) is 101 Å². The van der Waals surface area contributed by atoms with Crippen LogP contribution in [0.25, 0.3) is 28.0 Å². The molecule has 3 aromatic carbocycles. The third kappa shape index (κ3) is 3.47. The quantitative estimate of drug-likeness (QED) is 0.266. The van der Waals surface area contributed by atoms with Crippen molar-refractivity contribution in [3.8, 4) is 34.5 Å². The standard InChI is InChI=1S/C31H22N4O5/c1-17(13-18-11-12-22-23(14-18)38-16-37-22)24-25-27(20-9-5-6-10-21(20)39-31(25)36)40-30-26(24)29-33-28(34-35(29)15-32-30)19-7-3-2-4-8-19/h2-12,14-15,17,24H,13,16H2,1H3. The van der Waals surface area contributed by atoms with Crippen LogP contribution in [-0.2, 0) is 6.42 Å². The Bertz CT molecular complexity index is 2000. The van der Waals surface area contributed by atoms with Crippen LogP contribution in [0.15, 0.2) is 88.3 Å². The van der Waals surface area contributed by atoms with Crippen molar-refractivity contribution in [3.63, 3.8) is 0 Å². The van der Waals surface area contributed by atoms with Gasteiger partial charge in [-0.15, -0.1) is 5.10 Å². The third-order valence-corrected chi connectivity index (χ3v) is 7.60. The van der Waals surface area contributed by atoms with Gasteiger partial charge in [-0.25, -0.2) is 19.3 Å². The van der Waals surface area contributed by atoms with Crippen molar-refractivity contribution in [2.45, 2.75) is 19.3 Å². The SMILES string of the molecule is CC(Cc1ccc2c(c1)OCO2)C1c2c(c3ccccc3oc2=O)Oc2ncn3nc(-c4ccccc4)nc3c21. The van der Waals surface area contributed by atoms with Crippen molar-refractivity contribution in [2.75, 3.05) is 6.79 Å². The molecule has 196 valence electrons. The summed E-state index contributed by atoms with van der Waals surface area (Å²) >= 11 is 0. The number of para-hydroxylation sites is 1. The smallest absolute Gasteiger partial charge is 0.343 e. The molecule has 6 aromatic rings. The van der Waals surface area contributed by atoms with Crippen molar-refractivity contribution in [3.05, 3.63) is 106 Å². The molecule has 0 bridgehead atoms. The fourth-order valence-corrected chi connectivity index (χ4v) is 5.80. The number of hydrogen-bond acceptors (Lipinski definition) is 8. The molecule has 0 radical (unpaired) electrons. The van der Waals surface area contributed by atoms with Crippen LogP contribution in [0, 0.1) is 5.92 Å². The molecular weight excluding hydrogens is 508 g/mol. The molecule has 0 aliphatic carbocycles. The zero-order chi connectivity index (χ0) is 26.8. The summed E-state index contributed by atoms with van der Waals surface area (Å²) in [6.45, 7) is 2.32. The lowest BCUT2D eigenvalue weighted by Crippen LogP contribution is -2.26. The summed E-state index contributed by atoms with van der Waals surface area (Å²) in [4.78, 5) is 23.2. The predicted octanol–water partition coefficient (Wildman–Crippen LogP) is 5.74. The van der Waals surface area contributed by atoms with Gasteiger partial charge in [0.05, 0.1) is 16.5 Å². The molecule has 2 aliphatic heterocycles. The molecule has 0 amide bonds. The fourth-order valence-electron chi connectivity index (χ4n) is 5.80. The van der Waals surface area contributed by atoms with E-state index in [-0.39, 0.29) is 12.7 Å². The lowest BCUT2D eigenvalue weighted by atomic mass is 9.78. The molecule has 40 heavy (non-hydrogen) atoms. The average molecular weight is 531 g/mol. The Balaban J connectivity index is 1.33. The lowest BCUT2D eigenvalue weighted by Gasteiger charge is -2.31. The van der Waals surface area contributed by atoms with Crippen LogP contribution in [0.1, 0.15) is 29.5 Å². The van der Waals surface area contributed by atoms with Crippen LogP contribution < -0.4 is 19.8 Å². The first-order valence-electron chi connectivity index (χ1n) is 13.1. The molecule has 2 unspecified atom stereocenters. The van der Waals surface area contributed by atoms with Gasteiger partial charge >= 0.3 is 5.63 Å². The summed E-state index contributed by atoms with van der Waals surface area (Å²) in [5, 5.41) is 5.41. The maximum Gasteiger partial charge on any atom is 0.343 e. The molecule has 9 heteroatoms. The molecule has 2 aliphatic rings. The van der Waals surface area contributed by atoms with Gasteiger partial charge in [0, 0.05) is 11.5 Å². The molecule has 2 atom stereocenters. The van der Waals surface area contributed by atoms with E-state index in [2.05, 4.69) is 11.9 Å². The molecule has 0 N–H and O–H groups in total. The highest BCUT2D eigenvalue weighted by atomic mass is 16.7. The normalized spacial score (nSPS) is 16.0. The molecule has 3 aromatic heterocycles. The summed E-state index contributed by atoms with van der Waals surface area (Å²) in [5.74, 6) is 2.40. The van der Waals surface area contributed by atoms with E-state index in [1.807, 2.05) is 66.7 Å². The second-order valence-electron chi connectivity index (χ2n) is 10.1. The van der Waals surface area contributed by atoms with E-state index in [0.717, 1.165) is 28.0 Å². The zero-order valence-electron chi connectivity index (χ0n) is 21.4. The number of nitrogens with zero attached hydrogens (tertiary/aromatic N) is 4. The predicted molar refractivity (Wildman–Crippen MR) is 146 cm³/mol. The zero-order valence-corrected chi connectivity index (χ0v) is 21.4. The maximum atomic E-state index is 13.6. The molecule has 5 heterocycles. The van der Waals surface area contributed by atoms with Crippen molar-refractivity contribution < 1.29 is 18.6 Å². The highest BCUT2D eigenvalue weighted by molar-refractivity contribution is 5.86. The van der Waals surface area contributed by atoms with E-state index in [4.69, 9.17) is 28.7 Å². The number of ether oxygens (including phenoxy) is 3. The fraction of sp³-hybridized carbons (Fsp3) is 0.161. The number of aromatic nitrogens is 4. The average Bonchev–Trinajstić information content (AvgIpc) is 3.64. The number of hydrogen-bond donors (Lipinski definition) is 0. The first-order chi connectivity index (χ1) is 19.6. The largest absolute Gasteiger partial charge is 0.454 e. The molecular formula is C31H22N4O5. The van der Waals surface area contributed by atoms with Crippen molar-refractivity contribution in [2.24, 2.45) is 5.92 Å². The number of rotatable bonds is 4. The van der Waals surface area contributed by atoms with E-state index in [9.17, 15) is 4.79 Å². The Morgan fingerprint density at radius 2 is 1.80 bits per heavy atom. The lowest BCUT2D eigenvalue weighted by molar-refractivity contribution is 0.174. The van der Waals surface area contributed by atoms with Crippen LogP contribution in [0.5, 0.6) is 23.1 Å². The molecule has 0 saturated heterocycles. The molecule has 0 saturated carbocycles. The van der Waals surface area contributed by atoms with Crippen molar-refractivity contribution >= 4 is 16.6 Å². The monoisotopic (exact) mass is 530 g/mol. The Hall–Kier alpha value is -5.18. The molecule has 8 rings (SSSR count). The van der Waals surface area contributed by atoms with E-state index < -0.39 is 11.5 Å². The highest BCUT2D eigenvalue weighted by Gasteiger charge is 2.39. The van der Waals surface area contributed by atoms with Crippen molar-refractivity contribution in [1.82, 2.24) is 19.6 Å². The Kier molecular flexibility index (Phi) is 4.94. The Morgan fingerprint density at radius 3 is 2.70 bits per heavy atom. The second kappa shape index (κ2) is 8.67. The summed E-state index contributed by atoms with van der Waals surface area (Å²) in [7, 11) is 0. The van der Waals surface area contributed by atoms with Crippen LogP contribution >= 0.6 is 0 Å². The third-order valence-electron chi connectivity index (χ3n) is 7.60. The van der Waals surface area contributed by atoms with Gasteiger partial charge in [-0.3, -0.25) is 0 Å². The Labute approximate surface area is 227 Å². The summed E-state index contributed by atoms with van der Waals surface area (Å²) < 4.78 is 25.0. The summed E-state index contributed by atoms with van der Waals surface area (Å²) in [6, 6.07) is 23.1. The van der Waals surface area contributed by atoms with Crippen LogP contribution in [0.3, 0.4) is 0 Å². The Morgan fingerprint density at radius 1 is 0.975 bits per heavy atom. The van der Waals surface area contributed by atoms with Gasteiger partial charge in [-0.1, -0.05) is 55.5 Å². The minimum Gasteiger partial charge on any atom is -0.454 e. The minimum atomic E-state index is -0.438.